The van der Waals surface area contributed by atoms with Gasteiger partial charge in [-0.15, -0.1) is 0 Å². The van der Waals surface area contributed by atoms with Crippen molar-refractivity contribution < 1.29 is 13.5 Å². The summed E-state index contributed by atoms with van der Waals surface area (Å²) in [5, 5.41) is 6.87. The molecule has 0 unspecified atom stereocenters. The van der Waals surface area contributed by atoms with Crippen LogP contribution in [0.25, 0.3) is 0 Å². The van der Waals surface area contributed by atoms with E-state index < -0.39 is 11.6 Å². The summed E-state index contributed by atoms with van der Waals surface area (Å²) in [6, 6.07) is 4.25. The Balaban J connectivity index is 1.53. The summed E-state index contributed by atoms with van der Waals surface area (Å²) in [4.78, 5) is 0. The quantitative estimate of drug-likeness (QED) is 0.755. The van der Waals surface area contributed by atoms with Gasteiger partial charge in [0.15, 0.2) is 11.6 Å². The molecule has 2 rings (SSSR count). The Morgan fingerprint density at radius 2 is 1.95 bits per heavy atom. The highest BCUT2D eigenvalue weighted by atomic mass is 19.2. The topological polar surface area (TPSA) is 33.3 Å². The highest BCUT2D eigenvalue weighted by molar-refractivity contribution is 5.23. The molecule has 0 amide bonds. The molecule has 1 aromatic carbocycles. The number of unbranched alkanes of at least 4 members (excludes halogenated alkanes) is 1. The zero-order valence-electron chi connectivity index (χ0n) is 11.6. The van der Waals surface area contributed by atoms with Gasteiger partial charge in [0, 0.05) is 12.1 Å². The lowest BCUT2D eigenvalue weighted by Crippen LogP contribution is -2.40. The van der Waals surface area contributed by atoms with Crippen LogP contribution in [0.2, 0.25) is 0 Å². The molecule has 20 heavy (non-hydrogen) atoms. The molecule has 2 N–H and O–H groups in total. The second kappa shape index (κ2) is 8.17. The van der Waals surface area contributed by atoms with Gasteiger partial charge >= 0.3 is 0 Å². The van der Waals surface area contributed by atoms with Crippen molar-refractivity contribution in [3.63, 3.8) is 0 Å². The van der Waals surface area contributed by atoms with Crippen LogP contribution >= 0.6 is 0 Å². The molecule has 0 atom stereocenters. The van der Waals surface area contributed by atoms with Crippen molar-refractivity contribution in [2.75, 3.05) is 26.2 Å². The average Bonchev–Trinajstić information content (AvgIpc) is 2.47. The van der Waals surface area contributed by atoms with Crippen molar-refractivity contribution in [1.29, 1.82) is 0 Å². The first-order valence-corrected chi connectivity index (χ1v) is 7.27. The van der Waals surface area contributed by atoms with Crippen molar-refractivity contribution in [2.45, 2.75) is 31.7 Å². The van der Waals surface area contributed by atoms with E-state index in [-0.39, 0.29) is 0 Å². The largest absolute Gasteiger partial charge is 0.493 e. The fourth-order valence-electron chi connectivity index (χ4n) is 2.32. The number of halogens is 2. The minimum absolute atomic E-state index is 0.384. The van der Waals surface area contributed by atoms with Gasteiger partial charge in [0.25, 0.3) is 0 Å². The Bertz CT molecular complexity index is 409. The van der Waals surface area contributed by atoms with E-state index in [0.717, 1.165) is 44.6 Å². The molecule has 5 heteroatoms. The van der Waals surface area contributed by atoms with Gasteiger partial charge < -0.3 is 15.4 Å². The Morgan fingerprint density at radius 3 is 2.70 bits per heavy atom. The molecular formula is C15H22F2N2O. The lowest BCUT2D eigenvalue weighted by atomic mass is 10.1. The number of rotatable bonds is 7. The molecule has 0 saturated carbocycles. The van der Waals surface area contributed by atoms with Crippen LogP contribution in [-0.4, -0.2) is 32.3 Å². The van der Waals surface area contributed by atoms with Crippen LogP contribution in [0.5, 0.6) is 5.75 Å². The van der Waals surface area contributed by atoms with Crippen LogP contribution in [0.1, 0.15) is 25.7 Å². The summed E-state index contributed by atoms with van der Waals surface area (Å²) in [7, 11) is 0. The van der Waals surface area contributed by atoms with Gasteiger partial charge in [0.1, 0.15) is 5.75 Å². The number of ether oxygens (including phenoxy) is 1. The van der Waals surface area contributed by atoms with Crippen LogP contribution in [0.4, 0.5) is 8.78 Å². The summed E-state index contributed by atoms with van der Waals surface area (Å²) in [5.74, 6) is -1.33. The summed E-state index contributed by atoms with van der Waals surface area (Å²) < 4.78 is 31.1. The minimum Gasteiger partial charge on any atom is -0.493 e. The number of hydrogen-bond acceptors (Lipinski definition) is 3. The van der Waals surface area contributed by atoms with E-state index in [2.05, 4.69) is 10.6 Å². The molecular weight excluding hydrogens is 262 g/mol. The van der Waals surface area contributed by atoms with Crippen LogP contribution < -0.4 is 15.4 Å². The van der Waals surface area contributed by atoms with E-state index >= 15 is 0 Å². The third-order valence-electron chi connectivity index (χ3n) is 3.50. The summed E-state index contributed by atoms with van der Waals surface area (Å²) in [5.41, 5.74) is 0. The van der Waals surface area contributed by atoms with Crippen LogP contribution in [0.3, 0.4) is 0 Å². The fourth-order valence-corrected chi connectivity index (χ4v) is 2.32. The fraction of sp³-hybridized carbons (Fsp3) is 0.600. The summed E-state index contributed by atoms with van der Waals surface area (Å²) >= 11 is 0. The zero-order valence-corrected chi connectivity index (χ0v) is 11.6. The molecule has 1 saturated heterocycles. The van der Waals surface area contributed by atoms with E-state index in [9.17, 15) is 8.78 Å². The molecule has 0 aliphatic carbocycles. The molecule has 0 radical (unpaired) electrons. The molecule has 1 fully saturated rings. The van der Waals surface area contributed by atoms with Crippen molar-refractivity contribution in [2.24, 2.45) is 0 Å². The molecule has 0 spiro atoms. The summed E-state index contributed by atoms with van der Waals surface area (Å²) in [6.07, 6.45) is 4.29. The molecule has 112 valence electrons. The van der Waals surface area contributed by atoms with E-state index in [1.54, 1.807) is 0 Å². The second-order valence-corrected chi connectivity index (χ2v) is 5.11. The molecule has 0 bridgehead atoms. The van der Waals surface area contributed by atoms with E-state index in [1.165, 1.54) is 18.9 Å². The Hall–Kier alpha value is -1.20. The third-order valence-corrected chi connectivity index (χ3v) is 3.50. The normalized spacial score (nSPS) is 16.3. The smallest absolute Gasteiger partial charge is 0.162 e. The second-order valence-electron chi connectivity index (χ2n) is 5.11. The zero-order chi connectivity index (χ0) is 14.2. The monoisotopic (exact) mass is 284 g/mol. The van der Waals surface area contributed by atoms with Gasteiger partial charge in [-0.05, 0) is 57.5 Å². The van der Waals surface area contributed by atoms with Gasteiger partial charge in [-0.1, -0.05) is 0 Å². The van der Waals surface area contributed by atoms with Crippen molar-refractivity contribution in [1.82, 2.24) is 10.6 Å². The number of benzene rings is 1. The van der Waals surface area contributed by atoms with Gasteiger partial charge in [-0.25, -0.2) is 8.78 Å². The highest BCUT2D eigenvalue weighted by Crippen LogP contribution is 2.15. The SMILES string of the molecule is Fc1ccc(OCCCCNC2CCNCC2)cc1F. The number of hydrogen-bond donors (Lipinski definition) is 2. The predicted octanol–water partition coefficient (Wildman–Crippen LogP) is 2.47. The highest BCUT2D eigenvalue weighted by Gasteiger charge is 2.11. The van der Waals surface area contributed by atoms with Crippen LogP contribution in [-0.2, 0) is 0 Å². The Morgan fingerprint density at radius 1 is 1.15 bits per heavy atom. The van der Waals surface area contributed by atoms with Crippen LogP contribution in [0, 0.1) is 11.6 Å². The average molecular weight is 284 g/mol. The van der Waals surface area contributed by atoms with Crippen LogP contribution in [0.15, 0.2) is 18.2 Å². The number of piperidine rings is 1. The number of nitrogens with one attached hydrogen (secondary N) is 2. The third kappa shape index (κ3) is 5.06. The molecule has 0 aromatic heterocycles. The van der Waals surface area contributed by atoms with E-state index in [4.69, 9.17) is 4.74 Å². The predicted molar refractivity (Wildman–Crippen MR) is 75.0 cm³/mol. The first kappa shape index (κ1) is 15.2. The maximum absolute atomic E-state index is 12.9. The van der Waals surface area contributed by atoms with Crippen molar-refractivity contribution in [3.8, 4) is 5.75 Å². The lowest BCUT2D eigenvalue weighted by Gasteiger charge is -2.23. The first-order chi connectivity index (χ1) is 9.75. The van der Waals surface area contributed by atoms with Crippen molar-refractivity contribution in [3.05, 3.63) is 29.8 Å². The Kier molecular flexibility index (Phi) is 6.21. The summed E-state index contributed by atoms with van der Waals surface area (Å²) in [6.45, 7) is 3.69. The van der Waals surface area contributed by atoms with Gasteiger partial charge in [0.05, 0.1) is 6.61 Å². The van der Waals surface area contributed by atoms with Gasteiger partial charge in [0.2, 0.25) is 0 Å². The van der Waals surface area contributed by atoms with E-state index in [1.807, 2.05) is 0 Å². The van der Waals surface area contributed by atoms with Gasteiger partial charge in [-0.3, -0.25) is 0 Å². The Labute approximate surface area is 118 Å². The van der Waals surface area contributed by atoms with E-state index in [0.29, 0.717) is 18.4 Å². The first-order valence-electron chi connectivity index (χ1n) is 7.27. The molecule has 1 aromatic rings. The molecule has 3 nitrogen and oxygen atoms in total. The lowest BCUT2D eigenvalue weighted by molar-refractivity contribution is 0.299. The maximum atomic E-state index is 12.9. The minimum atomic E-state index is -0.866. The molecule has 1 aliphatic heterocycles. The standard InChI is InChI=1S/C15H22F2N2O/c16-14-4-3-13(11-15(14)17)20-10-2-1-7-19-12-5-8-18-9-6-12/h3-4,11-12,18-19H,1-2,5-10H2. The molecule has 1 aliphatic rings. The maximum Gasteiger partial charge on any atom is 0.162 e. The van der Waals surface area contributed by atoms with Crippen molar-refractivity contribution >= 4 is 0 Å². The molecule has 1 heterocycles. The van der Waals surface area contributed by atoms with Gasteiger partial charge in [-0.2, -0.15) is 0 Å².